The van der Waals surface area contributed by atoms with Crippen LogP contribution < -0.4 is 16.0 Å². The highest BCUT2D eigenvalue weighted by Gasteiger charge is 2.10. The fourth-order valence-electron chi connectivity index (χ4n) is 1.62. The molecule has 1 amide bonds. The lowest BCUT2D eigenvalue weighted by Crippen LogP contribution is -2.34. The summed E-state index contributed by atoms with van der Waals surface area (Å²) in [7, 11) is 0. The maximum absolute atomic E-state index is 11.1. The van der Waals surface area contributed by atoms with Gasteiger partial charge in [-0.2, -0.15) is 0 Å². The summed E-state index contributed by atoms with van der Waals surface area (Å²) in [5.41, 5.74) is 5.22. The van der Waals surface area contributed by atoms with Crippen molar-refractivity contribution in [1.82, 2.24) is 5.43 Å². The molecule has 0 aliphatic carbocycles. The Labute approximate surface area is 101 Å². The highest BCUT2D eigenvalue weighted by molar-refractivity contribution is 5.76. The largest absolute Gasteiger partial charge is 0.483 e. The number of amides is 1. The second-order valence-electron chi connectivity index (χ2n) is 3.86. The van der Waals surface area contributed by atoms with Crippen LogP contribution in [0.3, 0.4) is 0 Å². The molecule has 0 radical (unpaired) electrons. The molecular weight excluding hydrogens is 216 g/mol. The first-order valence-electron chi connectivity index (χ1n) is 5.42. The number of hydrazine groups is 1. The lowest BCUT2D eigenvalue weighted by molar-refractivity contribution is -0.123. The van der Waals surface area contributed by atoms with Gasteiger partial charge >= 0.3 is 0 Å². The van der Waals surface area contributed by atoms with Crippen LogP contribution in [0.15, 0.2) is 24.8 Å². The number of aryl methyl sites for hydroxylation is 2. The first-order chi connectivity index (χ1) is 8.10. The molecule has 0 atom stereocenters. The number of nitrogens with two attached hydrogens (primary N) is 1. The highest BCUT2D eigenvalue weighted by atomic mass is 16.5. The first-order valence-corrected chi connectivity index (χ1v) is 5.42. The molecule has 0 saturated heterocycles. The molecule has 1 rings (SSSR count). The van der Waals surface area contributed by atoms with E-state index < -0.39 is 0 Å². The molecule has 3 N–H and O–H groups in total. The van der Waals surface area contributed by atoms with Crippen molar-refractivity contribution < 1.29 is 9.53 Å². The highest BCUT2D eigenvalue weighted by Crippen LogP contribution is 2.27. The minimum Gasteiger partial charge on any atom is -0.483 e. The maximum Gasteiger partial charge on any atom is 0.271 e. The summed E-state index contributed by atoms with van der Waals surface area (Å²) in [6.45, 7) is 7.60. The molecule has 4 nitrogen and oxygen atoms in total. The Morgan fingerprint density at radius 2 is 2.12 bits per heavy atom. The molecule has 0 unspecified atom stereocenters. The van der Waals surface area contributed by atoms with Crippen LogP contribution in [-0.2, 0) is 11.2 Å². The van der Waals surface area contributed by atoms with E-state index in [0.29, 0.717) is 6.42 Å². The number of benzene rings is 1. The molecule has 0 aliphatic rings. The van der Waals surface area contributed by atoms with Gasteiger partial charge in [-0.15, -0.1) is 6.58 Å². The van der Waals surface area contributed by atoms with Crippen molar-refractivity contribution in [3.05, 3.63) is 41.5 Å². The molecule has 17 heavy (non-hydrogen) atoms. The Morgan fingerprint density at radius 3 is 2.71 bits per heavy atom. The van der Waals surface area contributed by atoms with Gasteiger partial charge < -0.3 is 4.74 Å². The Balaban J connectivity index is 2.98. The van der Waals surface area contributed by atoms with E-state index in [9.17, 15) is 4.79 Å². The van der Waals surface area contributed by atoms with E-state index in [-0.39, 0.29) is 12.5 Å². The molecule has 1 aromatic rings. The number of nitrogens with one attached hydrogen (secondary N) is 1. The monoisotopic (exact) mass is 234 g/mol. The molecule has 0 heterocycles. The summed E-state index contributed by atoms with van der Waals surface area (Å²) in [6, 6.07) is 4.00. The maximum atomic E-state index is 11.1. The van der Waals surface area contributed by atoms with Crippen LogP contribution in [0.2, 0.25) is 0 Å². The molecule has 92 valence electrons. The van der Waals surface area contributed by atoms with E-state index in [4.69, 9.17) is 10.6 Å². The van der Waals surface area contributed by atoms with Crippen molar-refractivity contribution in [3.63, 3.8) is 0 Å². The van der Waals surface area contributed by atoms with E-state index in [1.807, 2.05) is 37.5 Å². The normalized spacial score (nSPS) is 9.82. The molecule has 0 saturated carbocycles. The average Bonchev–Trinajstić information content (AvgIpc) is 2.33. The Bertz CT molecular complexity index is 428. The van der Waals surface area contributed by atoms with Crippen LogP contribution in [0.4, 0.5) is 0 Å². The summed E-state index contributed by atoms with van der Waals surface area (Å²) >= 11 is 0. The molecule has 0 aliphatic heterocycles. The topological polar surface area (TPSA) is 64.3 Å². The molecule has 0 aromatic heterocycles. The summed E-state index contributed by atoms with van der Waals surface area (Å²) in [5.74, 6) is 5.40. The van der Waals surface area contributed by atoms with Gasteiger partial charge in [0.15, 0.2) is 6.61 Å². The van der Waals surface area contributed by atoms with E-state index in [1.54, 1.807) is 0 Å². The molecule has 4 heteroatoms. The van der Waals surface area contributed by atoms with Gasteiger partial charge in [0, 0.05) is 5.56 Å². The number of carbonyl (C=O) groups is 1. The smallest absolute Gasteiger partial charge is 0.271 e. The first kappa shape index (κ1) is 13.3. The fraction of sp³-hybridized carbons (Fsp3) is 0.308. The van der Waals surface area contributed by atoms with E-state index >= 15 is 0 Å². The Hall–Kier alpha value is -1.81. The standard InChI is InChI=1S/C13H18N2O2/c1-4-5-11-9(2)6-7-10(3)13(11)17-8-12(16)15-14/h4,6-7H,1,5,8,14H2,2-3H3,(H,15,16). The number of hydrogen-bond donors (Lipinski definition) is 2. The summed E-state index contributed by atoms with van der Waals surface area (Å²) in [6.07, 6.45) is 2.53. The van der Waals surface area contributed by atoms with Crippen molar-refractivity contribution in [2.45, 2.75) is 20.3 Å². The van der Waals surface area contributed by atoms with Crippen molar-refractivity contribution in [2.75, 3.05) is 6.61 Å². The van der Waals surface area contributed by atoms with Gasteiger partial charge in [-0.1, -0.05) is 18.2 Å². The number of rotatable bonds is 5. The summed E-state index contributed by atoms with van der Waals surface area (Å²) in [5, 5.41) is 0. The van der Waals surface area contributed by atoms with Gasteiger partial charge in [-0.05, 0) is 31.4 Å². The van der Waals surface area contributed by atoms with Gasteiger partial charge in [-0.25, -0.2) is 5.84 Å². The zero-order valence-corrected chi connectivity index (χ0v) is 10.2. The van der Waals surface area contributed by atoms with E-state index in [2.05, 4.69) is 6.58 Å². The van der Waals surface area contributed by atoms with Crippen LogP contribution in [0, 0.1) is 13.8 Å². The second kappa shape index (κ2) is 6.06. The van der Waals surface area contributed by atoms with E-state index in [0.717, 1.165) is 22.4 Å². The number of carbonyl (C=O) groups excluding carboxylic acids is 1. The van der Waals surface area contributed by atoms with Crippen molar-refractivity contribution >= 4 is 5.91 Å². The van der Waals surface area contributed by atoms with Crippen LogP contribution in [-0.4, -0.2) is 12.5 Å². The van der Waals surface area contributed by atoms with Gasteiger partial charge in [-0.3, -0.25) is 10.2 Å². The van der Waals surface area contributed by atoms with Crippen LogP contribution in [0.1, 0.15) is 16.7 Å². The lowest BCUT2D eigenvalue weighted by atomic mass is 10.0. The van der Waals surface area contributed by atoms with Crippen LogP contribution in [0.5, 0.6) is 5.75 Å². The molecular formula is C13H18N2O2. The average molecular weight is 234 g/mol. The summed E-state index contributed by atoms with van der Waals surface area (Å²) < 4.78 is 5.51. The SMILES string of the molecule is C=CCc1c(C)ccc(C)c1OCC(=O)NN. The number of ether oxygens (including phenoxy) is 1. The second-order valence-corrected chi connectivity index (χ2v) is 3.86. The van der Waals surface area contributed by atoms with Crippen molar-refractivity contribution in [2.24, 2.45) is 5.84 Å². The molecule has 1 aromatic carbocycles. The van der Waals surface area contributed by atoms with Crippen molar-refractivity contribution in [3.8, 4) is 5.75 Å². The Morgan fingerprint density at radius 1 is 1.47 bits per heavy atom. The van der Waals surface area contributed by atoms with Gasteiger partial charge in [0.05, 0.1) is 0 Å². The predicted molar refractivity (Wildman–Crippen MR) is 67.6 cm³/mol. The minimum atomic E-state index is -0.351. The number of allylic oxidation sites excluding steroid dienone is 1. The quantitative estimate of drug-likeness (QED) is 0.350. The third-order valence-corrected chi connectivity index (χ3v) is 2.55. The Kier molecular flexibility index (Phi) is 4.72. The third-order valence-electron chi connectivity index (χ3n) is 2.55. The fourth-order valence-corrected chi connectivity index (χ4v) is 1.62. The zero-order chi connectivity index (χ0) is 12.8. The molecule has 0 spiro atoms. The van der Waals surface area contributed by atoms with E-state index in [1.165, 1.54) is 0 Å². The van der Waals surface area contributed by atoms with Crippen LogP contribution >= 0.6 is 0 Å². The van der Waals surface area contributed by atoms with Crippen molar-refractivity contribution in [1.29, 1.82) is 0 Å². The predicted octanol–water partition coefficient (Wildman–Crippen LogP) is 1.40. The summed E-state index contributed by atoms with van der Waals surface area (Å²) in [4.78, 5) is 11.1. The van der Waals surface area contributed by atoms with Gasteiger partial charge in [0.2, 0.25) is 0 Å². The van der Waals surface area contributed by atoms with Gasteiger partial charge in [0.25, 0.3) is 5.91 Å². The number of hydrogen-bond acceptors (Lipinski definition) is 3. The molecule has 0 bridgehead atoms. The van der Waals surface area contributed by atoms with Gasteiger partial charge in [0.1, 0.15) is 5.75 Å². The van der Waals surface area contributed by atoms with Crippen LogP contribution in [0.25, 0.3) is 0 Å². The zero-order valence-electron chi connectivity index (χ0n) is 10.2. The lowest BCUT2D eigenvalue weighted by Gasteiger charge is -2.15. The minimum absolute atomic E-state index is 0.0784. The molecule has 0 fully saturated rings. The third kappa shape index (κ3) is 3.32.